The second-order valence-corrected chi connectivity index (χ2v) is 7.07. The molecule has 2 aromatic carbocycles. The molecule has 126 valence electrons. The molecule has 3 aromatic rings. The van der Waals surface area contributed by atoms with Gasteiger partial charge in [0.15, 0.2) is 0 Å². The summed E-state index contributed by atoms with van der Waals surface area (Å²) in [7, 11) is 0. The van der Waals surface area contributed by atoms with E-state index in [1.807, 2.05) is 18.3 Å². The number of halogens is 1. The zero-order chi connectivity index (χ0) is 16.8. The molecule has 0 unspecified atom stereocenters. The molecule has 0 aliphatic carbocycles. The first kappa shape index (κ1) is 15.0. The van der Waals surface area contributed by atoms with E-state index in [2.05, 4.69) is 39.6 Å². The van der Waals surface area contributed by atoms with Gasteiger partial charge in [0.1, 0.15) is 18.2 Å². The van der Waals surface area contributed by atoms with Crippen molar-refractivity contribution < 1.29 is 4.74 Å². The van der Waals surface area contributed by atoms with Gasteiger partial charge in [-0.15, -0.1) is 0 Å². The number of ether oxygens (including phenoxy) is 1. The Balaban J connectivity index is 1.50. The normalized spacial score (nSPS) is 18.5. The number of aromatic nitrogens is 2. The van der Waals surface area contributed by atoms with E-state index < -0.39 is 0 Å². The molecule has 0 spiro atoms. The van der Waals surface area contributed by atoms with E-state index in [9.17, 15) is 0 Å². The van der Waals surface area contributed by atoms with E-state index in [-0.39, 0.29) is 0 Å². The van der Waals surface area contributed by atoms with E-state index in [4.69, 9.17) is 16.3 Å². The highest BCUT2D eigenvalue weighted by Gasteiger charge is 2.21. The number of fused-ring (bicyclic) bond motifs is 3. The Morgan fingerprint density at radius 1 is 1.12 bits per heavy atom. The summed E-state index contributed by atoms with van der Waals surface area (Å²) in [5.41, 5.74) is 5.55. The van der Waals surface area contributed by atoms with Crippen LogP contribution in [0.4, 0.5) is 0 Å². The third-order valence-corrected chi connectivity index (χ3v) is 5.25. The van der Waals surface area contributed by atoms with Crippen LogP contribution in [-0.4, -0.2) is 16.5 Å². The minimum atomic E-state index is 0.347. The second kappa shape index (κ2) is 5.90. The maximum absolute atomic E-state index is 6.09. The molecule has 5 heteroatoms. The van der Waals surface area contributed by atoms with E-state index >= 15 is 0 Å². The SMILES string of the molecule is Clc1ccc2c(c1)COc1cc(-c3cnc([C@@H]4CCCN4)[nH]3)ccc1-2. The lowest BCUT2D eigenvalue weighted by Gasteiger charge is -2.21. The van der Waals surface area contributed by atoms with Crippen LogP contribution in [0.5, 0.6) is 5.75 Å². The van der Waals surface area contributed by atoms with Crippen molar-refractivity contribution in [1.82, 2.24) is 15.3 Å². The Morgan fingerprint density at radius 3 is 2.92 bits per heavy atom. The minimum absolute atomic E-state index is 0.347. The lowest BCUT2D eigenvalue weighted by Crippen LogP contribution is -2.14. The number of hydrogen-bond donors (Lipinski definition) is 2. The first-order chi connectivity index (χ1) is 12.3. The smallest absolute Gasteiger partial charge is 0.128 e. The topological polar surface area (TPSA) is 49.9 Å². The van der Waals surface area contributed by atoms with Gasteiger partial charge in [-0.05, 0) is 54.8 Å². The molecule has 2 N–H and O–H groups in total. The van der Waals surface area contributed by atoms with E-state index in [0.29, 0.717) is 12.6 Å². The van der Waals surface area contributed by atoms with Crippen molar-refractivity contribution >= 4 is 11.6 Å². The number of rotatable bonds is 2. The number of nitrogens with zero attached hydrogens (tertiary/aromatic N) is 1. The second-order valence-electron chi connectivity index (χ2n) is 6.63. The van der Waals surface area contributed by atoms with Crippen LogP contribution >= 0.6 is 11.6 Å². The molecule has 5 rings (SSSR count). The molecule has 25 heavy (non-hydrogen) atoms. The highest BCUT2D eigenvalue weighted by atomic mass is 35.5. The van der Waals surface area contributed by atoms with E-state index in [1.165, 1.54) is 12.0 Å². The Morgan fingerprint density at radius 2 is 2.04 bits per heavy atom. The standard InChI is InChI=1S/C20H18ClN3O/c21-14-4-6-15-13(8-14)11-25-19-9-12(3-5-16(15)19)18-10-23-20(24-18)17-2-1-7-22-17/h3-6,8-10,17,22H,1-2,7,11H2,(H,23,24)/t17-/m0/s1. The molecule has 1 atom stereocenters. The summed E-state index contributed by atoms with van der Waals surface area (Å²) in [6, 6.07) is 12.6. The molecule has 2 aliphatic heterocycles. The van der Waals surface area contributed by atoms with Crippen molar-refractivity contribution in [3.05, 3.63) is 59.0 Å². The van der Waals surface area contributed by atoms with E-state index in [1.54, 1.807) is 0 Å². The van der Waals surface area contributed by atoms with Crippen molar-refractivity contribution in [2.75, 3.05) is 6.54 Å². The lowest BCUT2D eigenvalue weighted by molar-refractivity contribution is 0.302. The fourth-order valence-electron chi connectivity index (χ4n) is 3.71. The predicted molar refractivity (Wildman–Crippen MR) is 98.8 cm³/mol. The van der Waals surface area contributed by atoms with Gasteiger partial charge in [-0.3, -0.25) is 0 Å². The molecule has 2 aliphatic rings. The van der Waals surface area contributed by atoms with Gasteiger partial charge in [-0.2, -0.15) is 0 Å². The number of H-pyrrole nitrogens is 1. The van der Waals surface area contributed by atoms with Crippen LogP contribution in [0.2, 0.25) is 5.02 Å². The van der Waals surface area contributed by atoms with Gasteiger partial charge in [-0.1, -0.05) is 23.7 Å². The third kappa shape index (κ3) is 2.62. The van der Waals surface area contributed by atoms with E-state index in [0.717, 1.165) is 51.9 Å². The molecular weight excluding hydrogens is 334 g/mol. The summed E-state index contributed by atoms with van der Waals surface area (Å²) in [6.07, 6.45) is 4.25. The van der Waals surface area contributed by atoms with Gasteiger partial charge in [0.05, 0.1) is 17.9 Å². The van der Waals surface area contributed by atoms with Gasteiger partial charge >= 0.3 is 0 Å². The summed E-state index contributed by atoms with van der Waals surface area (Å²) in [5.74, 6) is 1.92. The Hall–Kier alpha value is -2.30. The number of hydrogen-bond acceptors (Lipinski definition) is 3. The fraction of sp³-hybridized carbons (Fsp3) is 0.250. The van der Waals surface area contributed by atoms with Gasteiger partial charge in [0.25, 0.3) is 0 Å². The Kier molecular flexibility index (Phi) is 3.54. The number of imidazole rings is 1. The van der Waals surface area contributed by atoms with Crippen LogP contribution < -0.4 is 10.1 Å². The summed E-state index contributed by atoms with van der Waals surface area (Å²) >= 11 is 6.09. The molecule has 1 saturated heterocycles. The number of benzene rings is 2. The first-order valence-corrected chi connectivity index (χ1v) is 9.00. The van der Waals surface area contributed by atoms with Crippen molar-refractivity contribution in [2.45, 2.75) is 25.5 Å². The van der Waals surface area contributed by atoms with Crippen LogP contribution in [0.15, 0.2) is 42.6 Å². The van der Waals surface area contributed by atoms with Crippen LogP contribution in [0, 0.1) is 0 Å². The quantitative estimate of drug-likeness (QED) is 0.702. The average molecular weight is 352 g/mol. The fourth-order valence-corrected chi connectivity index (χ4v) is 3.90. The molecular formula is C20H18ClN3O. The van der Waals surface area contributed by atoms with Crippen molar-refractivity contribution in [2.24, 2.45) is 0 Å². The number of aromatic amines is 1. The van der Waals surface area contributed by atoms with Gasteiger partial charge < -0.3 is 15.0 Å². The lowest BCUT2D eigenvalue weighted by atomic mass is 9.95. The largest absolute Gasteiger partial charge is 0.488 e. The maximum atomic E-state index is 6.09. The molecule has 1 aromatic heterocycles. The van der Waals surface area contributed by atoms with Crippen LogP contribution in [-0.2, 0) is 6.61 Å². The molecule has 4 nitrogen and oxygen atoms in total. The molecule has 0 saturated carbocycles. The Bertz CT molecular complexity index is 944. The van der Waals surface area contributed by atoms with Gasteiger partial charge in [-0.25, -0.2) is 4.98 Å². The summed E-state index contributed by atoms with van der Waals surface area (Å²) in [4.78, 5) is 8.02. The van der Waals surface area contributed by atoms with Crippen LogP contribution in [0.1, 0.15) is 30.3 Å². The predicted octanol–water partition coefficient (Wildman–Crippen LogP) is 4.71. The van der Waals surface area contributed by atoms with Crippen LogP contribution in [0.3, 0.4) is 0 Å². The molecule has 0 radical (unpaired) electrons. The first-order valence-electron chi connectivity index (χ1n) is 8.62. The monoisotopic (exact) mass is 351 g/mol. The average Bonchev–Trinajstić information content (AvgIpc) is 3.32. The molecule has 0 amide bonds. The van der Waals surface area contributed by atoms with Crippen molar-refractivity contribution in [3.8, 4) is 28.1 Å². The maximum Gasteiger partial charge on any atom is 0.128 e. The van der Waals surface area contributed by atoms with Gasteiger partial charge in [0.2, 0.25) is 0 Å². The van der Waals surface area contributed by atoms with Crippen molar-refractivity contribution in [1.29, 1.82) is 0 Å². The molecule has 0 bridgehead atoms. The zero-order valence-corrected chi connectivity index (χ0v) is 14.4. The highest BCUT2D eigenvalue weighted by Crippen LogP contribution is 2.40. The highest BCUT2D eigenvalue weighted by molar-refractivity contribution is 6.30. The zero-order valence-electron chi connectivity index (χ0n) is 13.7. The van der Waals surface area contributed by atoms with Crippen molar-refractivity contribution in [3.63, 3.8) is 0 Å². The van der Waals surface area contributed by atoms with Crippen LogP contribution in [0.25, 0.3) is 22.4 Å². The third-order valence-electron chi connectivity index (χ3n) is 5.02. The number of nitrogens with one attached hydrogen (secondary N) is 2. The minimum Gasteiger partial charge on any atom is -0.488 e. The van der Waals surface area contributed by atoms with Gasteiger partial charge in [0, 0.05) is 16.1 Å². The summed E-state index contributed by atoms with van der Waals surface area (Å²) < 4.78 is 5.97. The molecule has 3 heterocycles. The Labute approximate surface area is 151 Å². The summed E-state index contributed by atoms with van der Waals surface area (Å²) in [5, 5.41) is 4.22. The summed E-state index contributed by atoms with van der Waals surface area (Å²) in [6.45, 7) is 1.61. The molecule has 1 fully saturated rings.